The number of ether oxygens (including phenoxy) is 1. The van der Waals surface area contributed by atoms with Crippen LogP contribution >= 0.6 is 22.4 Å². The molecule has 0 spiro atoms. The lowest BCUT2D eigenvalue weighted by Gasteiger charge is -2.36. The van der Waals surface area contributed by atoms with Gasteiger partial charge in [0.15, 0.2) is 4.46 Å². The second-order valence-electron chi connectivity index (χ2n) is 10.5. The summed E-state index contributed by atoms with van der Waals surface area (Å²) in [6.07, 6.45) is 13.1. The summed E-state index contributed by atoms with van der Waals surface area (Å²) in [7, 11) is 2.71. The van der Waals surface area contributed by atoms with Crippen LogP contribution in [0.25, 0.3) is 0 Å². The molecule has 1 unspecified atom stereocenters. The van der Waals surface area contributed by atoms with Gasteiger partial charge >= 0.3 is 0 Å². The van der Waals surface area contributed by atoms with Crippen molar-refractivity contribution in [3.8, 4) is 0 Å². The Morgan fingerprint density at radius 3 is 2.07 bits per heavy atom. The summed E-state index contributed by atoms with van der Waals surface area (Å²) in [5.74, 6) is 1.70. The van der Waals surface area contributed by atoms with E-state index in [9.17, 15) is 0 Å². The van der Waals surface area contributed by atoms with Crippen molar-refractivity contribution in [1.29, 1.82) is 0 Å². The van der Waals surface area contributed by atoms with Crippen LogP contribution in [0.15, 0.2) is 0 Å². The van der Waals surface area contributed by atoms with Crippen molar-refractivity contribution in [3.63, 3.8) is 0 Å². The highest BCUT2D eigenvalue weighted by Gasteiger charge is 2.29. The van der Waals surface area contributed by atoms with Gasteiger partial charge in [-0.3, -0.25) is 0 Å². The fourth-order valence-corrected chi connectivity index (χ4v) is 5.17. The second kappa shape index (κ2) is 15.7. The van der Waals surface area contributed by atoms with E-state index < -0.39 is 0 Å². The highest BCUT2D eigenvalue weighted by Crippen LogP contribution is 2.37. The number of hydrogen-bond donors (Lipinski definition) is 0. The van der Waals surface area contributed by atoms with Crippen molar-refractivity contribution in [2.24, 2.45) is 11.3 Å². The topological polar surface area (TPSA) is 9.23 Å². The Morgan fingerprint density at radius 2 is 1.54 bits per heavy atom. The van der Waals surface area contributed by atoms with Crippen LogP contribution in [0.3, 0.4) is 0 Å². The molecule has 28 heavy (non-hydrogen) atoms. The highest BCUT2D eigenvalue weighted by molar-refractivity contribution is 14.1. The zero-order valence-electron chi connectivity index (χ0n) is 20.7. The standard InChI is InChI=1S/C23H50B3IO/c1-9-12-15-20(4)26(27)25-24-18-16-23(7,8)28-19-17-22(5,6)21(13-10-2)14-11-3/h20-21,24-25H,9-19H2,1-8H3. The fourth-order valence-electron chi connectivity index (χ4n) is 4.37. The Bertz CT molecular complexity index is 371. The lowest BCUT2D eigenvalue weighted by Crippen LogP contribution is -2.31. The Hall–Kier alpha value is 0.885. The Labute approximate surface area is 194 Å². The number of unbranched alkanes of at least 4 members (excludes halogenated alkanes) is 1. The zero-order valence-corrected chi connectivity index (χ0v) is 22.9. The van der Waals surface area contributed by atoms with Crippen molar-refractivity contribution in [3.05, 3.63) is 0 Å². The maximum Gasteiger partial charge on any atom is 0.176 e. The van der Waals surface area contributed by atoms with Gasteiger partial charge in [0.25, 0.3) is 0 Å². The van der Waals surface area contributed by atoms with Gasteiger partial charge in [-0.1, -0.05) is 98.6 Å². The molecule has 0 amide bonds. The smallest absolute Gasteiger partial charge is 0.176 e. The van der Waals surface area contributed by atoms with E-state index in [4.69, 9.17) is 4.74 Å². The molecule has 0 saturated heterocycles. The molecule has 0 aliphatic heterocycles. The molecule has 0 heterocycles. The van der Waals surface area contributed by atoms with Crippen LogP contribution in [0.5, 0.6) is 0 Å². The first-order chi connectivity index (χ1) is 13.1. The monoisotopic (exact) mass is 502 g/mol. The van der Waals surface area contributed by atoms with Crippen molar-refractivity contribution in [2.75, 3.05) is 6.61 Å². The third kappa shape index (κ3) is 13.2. The summed E-state index contributed by atoms with van der Waals surface area (Å²) >= 11 is 2.69. The molecule has 0 aromatic rings. The normalized spacial score (nSPS) is 13.6. The molecule has 1 nitrogen and oxygen atoms in total. The van der Waals surface area contributed by atoms with E-state index in [1.165, 1.54) is 78.3 Å². The first-order valence-corrected chi connectivity index (χ1v) is 13.6. The molecule has 0 saturated carbocycles. The molecule has 0 aromatic carbocycles. The van der Waals surface area contributed by atoms with Crippen LogP contribution in [0.2, 0.25) is 12.1 Å². The van der Waals surface area contributed by atoms with Crippen LogP contribution in [-0.2, 0) is 4.74 Å². The quantitative estimate of drug-likeness (QED) is 0.107. The summed E-state index contributed by atoms with van der Waals surface area (Å²) in [5.41, 5.74) is 0.418. The van der Waals surface area contributed by atoms with Gasteiger partial charge in [-0.25, -0.2) is 0 Å². The number of hydrogen-bond acceptors (Lipinski definition) is 1. The first kappa shape index (κ1) is 28.9. The van der Waals surface area contributed by atoms with Crippen molar-refractivity contribution >= 4 is 41.1 Å². The van der Waals surface area contributed by atoms with Crippen LogP contribution in [0.4, 0.5) is 0 Å². The molecule has 1 atom stereocenters. The molecule has 0 bridgehead atoms. The average Bonchev–Trinajstić information content (AvgIpc) is 2.62. The second-order valence-corrected chi connectivity index (χ2v) is 12.1. The molecule has 0 aromatic heterocycles. The van der Waals surface area contributed by atoms with Gasteiger partial charge in [-0.15, -0.1) is 0 Å². The van der Waals surface area contributed by atoms with Gasteiger partial charge in [0.05, 0.1) is 19.8 Å². The third-order valence-electron chi connectivity index (χ3n) is 6.76. The molecule has 0 aliphatic rings. The Balaban J connectivity index is 4.16. The first-order valence-electron chi connectivity index (χ1n) is 12.4. The van der Waals surface area contributed by atoms with Gasteiger partial charge in [0.1, 0.15) is 0 Å². The van der Waals surface area contributed by atoms with Crippen LogP contribution in [0.1, 0.15) is 113 Å². The van der Waals surface area contributed by atoms with Crippen LogP contribution in [-0.4, -0.2) is 30.9 Å². The summed E-state index contributed by atoms with van der Waals surface area (Å²) in [5, 5.41) is 0. The van der Waals surface area contributed by atoms with Gasteiger partial charge in [0.2, 0.25) is 0 Å². The fraction of sp³-hybridized carbons (Fsp3) is 1.00. The number of halogens is 1. The van der Waals surface area contributed by atoms with Crippen molar-refractivity contribution in [1.82, 2.24) is 0 Å². The minimum absolute atomic E-state index is 0.0235. The molecule has 0 N–H and O–H groups in total. The lowest BCUT2D eigenvalue weighted by atomic mass is 9.16. The van der Waals surface area contributed by atoms with Gasteiger partial charge in [-0.05, 0) is 38.0 Å². The van der Waals surface area contributed by atoms with Gasteiger partial charge in [-0.2, -0.15) is 22.4 Å². The van der Waals surface area contributed by atoms with E-state index in [0.29, 0.717) is 5.41 Å². The molecule has 0 radical (unpaired) electrons. The largest absolute Gasteiger partial charge is 0.376 e. The predicted molar refractivity (Wildman–Crippen MR) is 144 cm³/mol. The molecule has 0 fully saturated rings. The molecule has 164 valence electrons. The minimum atomic E-state index is 0.0235. The molecular weight excluding hydrogens is 452 g/mol. The van der Waals surface area contributed by atoms with E-state index in [0.717, 1.165) is 22.8 Å². The van der Waals surface area contributed by atoms with Crippen LogP contribution < -0.4 is 0 Å². The van der Waals surface area contributed by atoms with E-state index in [1.54, 1.807) is 0 Å². The van der Waals surface area contributed by atoms with E-state index in [1.807, 2.05) is 0 Å². The molecule has 5 heteroatoms. The summed E-state index contributed by atoms with van der Waals surface area (Å²) in [6.45, 7) is 19.8. The summed E-state index contributed by atoms with van der Waals surface area (Å²) < 4.78 is 7.21. The highest BCUT2D eigenvalue weighted by atomic mass is 127. The molecule has 0 aliphatic carbocycles. The van der Waals surface area contributed by atoms with E-state index in [-0.39, 0.29) is 5.60 Å². The van der Waals surface area contributed by atoms with Gasteiger partial charge < -0.3 is 4.74 Å². The minimum Gasteiger partial charge on any atom is -0.376 e. The predicted octanol–water partition coefficient (Wildman–Crippen LogP) is 7.51. The maximum atomic E-state index is 6.38. The Morgan fingerprint density at radius 1 is 0.929 bits per heavy atom. The van der Waals surface area contributed by atoms with Crippen LogP contribution in [0, 0.1) is 11.3 Å². The van der Waals surface area contributed by atoms with E-state index >= 15 is 0 Å². The molecule has 0 rings (SSSR count). The summed E-state index contributed by atoms with van der Waals surface area (Å²) in [6, 6.07) is 0. The van der Waals surface area contributed by atoms with Crippen molar-refractivity contribution in [2.45, 2.75) is 131 Å². The molecular formula is C23H50B3IO. The third-order valence-corrected chi connectivity index (χ3v) is 8.61. The van der Waals surface area contributed by atoms with Crippen molar-refractivity contribution < 1.29 is 4.74 Å². The SMILES string of the molecule is CCCCC(C)B(I)BBCCC(C)(C)OCCC(C)(C)C(CCC)CCC. The number of rotatable bonds is 18. The van der Waals surface area contributed by atoms with Gasteiger partial charge in [0, 0.05) is 6.61 Å². The lowest BCUT2D eigenvalue weighted by molar-refractivity contribution is -0.0373. The Kier molecular flexibility index (Phi) is 16.1. The zero-order chi connectivity index (χ0) is 21.6. The average molecular weight is 502 g/mol. The maximum absolute atomic E-state index is 6.38. The van der Waals surface area contributed by atoms with E-state index in [2.05, 4.69) is 77.8 Å². The summed E-state index contributed by atoms with van der Waals surface area (Å²) in [4.78, 5) is 0.